The van der Waals surface area contributed by atoms with E-state index in [4.69, 9.17) is 11.6 Å². The Morgan fingerprint density at radius 3 is 2.60 bits per heavy atom. The molecule has 1 N–H and O–H groups in total. The van der Waals surface area contributed by atoms with Gasteiger partial charge in [-0.15, -0.1) is 0 Å². The second-order valence-electron chi connectivity index (χ2n) is 6.28. The molecule has 2 rings (SSSR count). The van der Waals surface area contributed by atoms with E-state index in [9.17, 15) is 5.11 Å². The number of aromatic nitrogens is 2. The normalized spacial score (nSPS) is 28.9. The van der Waals surface area contributed by atoms with Gasteiger partial charge >= 0.3 is 0 Å². The van der Waals surface area contributed by atoms with Gasteiger partial charge in [-0.1, -0.05) is 18.5 Å². The minimum Gasteiger partial charge on any atom is -0.385 e. The fourth-order valence-corrected chi connectivity index (χ4v) is 3.62. The van der Waals surface area contributed by atoms with E-state index >= 15 is 0 Å². The summed E-state index contributed by atoms with van der Waals surface area (Å²) >= 11 is 6.27. The van der Waals surface area contributed by atoms with E-state index in [-0.39, 0.29) is 5.54 Å². The standard InChI is InChI=1S/C15H26ClN3O/c1-5-19-13(12(16)10-17-19)14(20)15(18(3)4)8-6-11(2)7-9-15/h10-11,14,20H,5-9H2,1-4H3. The molecular weight excluding hydrogens is 274 g/mol. The van der Waals surface area contributed by atoms with Gasteiger partial charge in [-0.25, -0.2) is 0 Å². The van der Waals surface area contributed by atoms with Gasteiger partial charge in [-0.05, 0) is 52.6 Å². The maximum Gasteiger partial charge on any atom is 0.115 e. The SMILES string of the molecule is CCn1ncc(Cl)c1C(O)C1(N(C)C)CCC(C)CC1. The Morgan fingerprint density at radius 2 is 2.10 bits per heavy atom. The summed E-state index contributed by atoms with van der Waals surface area (Å²) in [7, 11) is 4.11. The third-order valence-electron chi connectivity index (χ3n) is 4.93. The molecule has 1 unspecified atom stereocenters. The Kier molecular flexibility index (Phi) is 4.77. The molecule has 1 aliphatic rings. The van der Waals surface area contributed by atoms with Crippen molar-refractivity contribution in [1.29, 1.82) is 0 Å². The zero-order valence-corrected chi connectivity index (χ0v) is 13.7. The summed E-state index contributed by atoms with van der Waals surface area (Å²) in [5.74, 6) is 0.738. The molecule has 20 heavy (non-hydrogen) atoms. The van der Waals surface area contributed by atoms with Crippen molar-refractivity contribution in [3.05, 3.63) is 16.9 Å². The Labute approximate surface area is 126 Å². The Hall–Kier alpha value is -0.580. The summed E-state index contributed by atoms with van der Waals surface area (Å²) in [5.41, 5.74) is 0.528. The van der Waals surface area contributed by atoms with Crippen molar-refractivity contribution in [2.45, 2.75) is 57.7 Å². The summed E-state index contributed by atoms with van der Waals surface area (Å²) in [6.07, 6.45) is 5.32. The minimum absolute atomic E-state index is 0.233. The van der Waals surface area contributed by atoms with Gasteiger partial charge in [0.2, 0.25) is 0 Å². The van der Waals surface area contributed by atoms with Gasteiger partial charge in [-0.3, -0.25) is 4.68 Å². The van der Waals surface area contributed by atoms with Gasteiger partial charge in [0, 0.05) is 6.54 Å². The number of aliphatic hydroxyl groups excluding tert-OH is 1. The second kappa shape index (κ2) is 6.04. The van der Waals surface area contributed by atoms with Crippen molar-refractivity contribution >= 4 is 11.6 Å². The van der Waals surface area contributed by atoms with Crippen LogP contribution >= 0.6 is 11.6 Å². The lowest BCUT2D eigenvalue weighted by molar-refractivity contribution is -0.0448. The third-order valence-corrected chi connectivity index (χ3v) is 5.22. The molecule has 1 aromatic rings. The van der Waals surface area contributed by atoms with Gasteiger partial charge in [0.25, 0.3) is 0 Å². The van der Waals surface area contributed by atoms with Crippen LogP contribution in [0.4, 0.5) is 0 Å². The number of likely N-dealkylation sites (N-methyl/N-ethyl adjacent to an activating group) is 1. The Morgan fingerprint density at radius 1 is 1.50 bits per heavy atom. The number of nitrogens with zero attached hydrogens (tertiary/aromatic N) is 3. The van der Waals surface area contributed by atoms with E-state index in [1.165, 1.54) is 0 Å². The average Bonchev–Trinajstić information content (AvgIpc) is 2.79. The van der Waals surface area contributed by atoms with Crippen molar-refractivity contribution < 1.29 is 5.11 Å². The molecule has 0 saturated heterocycles. The van der Waals surface area contributed by atoms with E-state index < -0.39 is 6.10 Å². The van der Waals surface area contributed by atoms with Gasteiger partial charge in [0.1, 0.15) is 6.10 Å². The lowest BCUT2D eigenvalue weighted by atomic mass is 9.72. The Bertz CT molecular complexity index is 450. The molecule has 1 aromatic heterocycles. The number of aliphatic hydroxyl groups is 1. The number of aryl methyl sites for hydroxylation is 1. The quantitative estimate of drug-likeness (QED) is 0.929. The highest BCUT2D eigenvalue weighted by Crippen LogP contribution is 2.44. The van der Waals surface area contributed by atoms with Crippen LogP contribution in [0.1, 0.15) is 51.3 Å². The molecule has 1 heterocycles. The highest BCUT2D eigenvalue weighted by Gasteiger charge is 2.45. The van der Waals surface area contributed by atoms with E-state index in [1.807, 2.05) is 11.6 Å². The van der Waals surface area contributed by atoms with Crippen LogP contribution in [0.2, 0.25) is 5.02 Å². The molecule has 1 atom stereocenters. The lowest BCUT2D eigenvalue weighted by Gasteiger charge is -2.47. The van der Waals surface area contributed by atoms with Crippen molar-refractivity contribution in [3.63, 3.8) is 0 Å². The maximum absolute atomic E-state index is 11.0. The maximum atomic E-state index is 11.0. The van der Waals surface area contributed by atoms with E-state index in [0.717, 1.165) is 43.8 Å². The molecular formula is C15H26ClN3O. The molecule has 0 aliphatic heterocycles. The molecule has 0 amide bonds. The predicted molar refractivity (Wildman–Crippen MR) is 81.9 cm³/mol. The fourth-order valence-electron chi connectivity index (χ4n) is 3.38. The molecule has 0 aromatic carbocycles. The predicted octanol–water partition coefficient (Wildman–Crippen LogP) is 3.10. The van der Waals surface area contributed by atoms with Crippen molar-refractivity contribution in [2.75, 3.05) is 14.1 Å². The van der Waals surface area contributed by atoms with E-state index in [1.54, 1.807) is 6.20 Å². The zero-order chi connectivity index (χ0) is 14.9. The van der Waals surface area contributed by atoms with Gasteiger partial charge in [0.05, 0.1) is 22.5 Å². The first kappa shape index (κ1) is 15.8. The van der Waals surface area contributed by atoms with Crippen molar-refractivity contribution in [3.8, 4) is 0 Å². The first-order valence-corrected chi connectivity index (χ1v) is 7.87. The molecule has 1 aliphatic carbocycles. The second-order valence-corrected chi connectivity index (χ2v) is 6.68. The zero-order valence-electron chi connectivity index (χ0n) is 12.9. The van der Waals surface area contributed by atoms with Crippen LogP contribution in [-0.4, -0.2) is 39.4 Å². The summed E-state index contributed by atoms with van der Waals surface area (Å²) in [4.78, 5) is 2.17. The van der Waals surface area contributed by atoms with Gasteiger partial charge in [0.15, 0.2) is 0 Å². The lowest BCUT2D eigenvalue weighted by Crippen LogP contribution is -2.52. The first-order valence-electron chi connectivity index (χ1n) is 7.49. The largest absolute Gasteiger partial charge is 0.385 e. The highest BCUT2D eigenvalue weighted by atomic mass is 35.5. The van der Waals surface area contributed by atoms with Crippen LogP contribution in [0, 0.1) is 5.92 Å². The van der Waals surface area contributed by atoms with Crippen LogP contribution < -0.4 is 0 Å². The van der Waals surface area contributed by atoms with Crippen LogP contribution in [0.25, 0.3) is 0 Å². The molecule has 0 spiro atoms. The molecule has 5 heteroatoms. The average molecular weight is 300 g/mol. The topological polar surface area (TPSA) is 41.3 Å². The summed E-state index contributed by atoms with van der Waals surface area (Å²) in [6.45, 7) is 5.03. The summed E-state index contributed by atoms with van der Waals surface area (Å²) in [6, 6.07) is 0. The van der Waals surface area contributed by atoms with Crippen LogP contribution in [0.5, 0.6) is 0 Å². The summed E-state index contributed by atoms with van der Waals surface area (Å²) < 4.78 is 1.82. The first-order chi connectivity index (χ1) is 9.42. The number of hydrogen-bond donors (Lipinski definition) is 1. The molecule has 0 bridgehead atoms. The third kappa shape index (κ3) is 2.61. The molecule has 0 radical (unpaired) electrons. The van der Waals surface area contributed by atoms with Crippen LogP contribution in [0.3, 0.4) is 0 Å². The van der Waals surface area contributed by atoms with Crippen LogP contribution in [0.15, 0.2) is 6.20 Å². The van der Waals surface area contributed by atoms with E-state index in [2.05, 4.69) is 31.0 Å². The number of rotatable bonds is 4. The molecule has 1 fully saturated rings. The monoisotopic (exact) mass is 299 g/mol. The minimum atomic E-state index is -0.597. The van der Waals surface area contributed by atoms with Crippen molar-refractivity contribution in [2.24, 2.45) is 5.92 Å². The van der Waals surface area contributed by atoms with Gasteiger partial charge < -0.3 is 10.0 Å². The Balaban J connectivity index is 2.36. The van der Waals surface area contributed by atoms with Crippen LogP contribution in [-0.2, 0) is 6.54 Å². The highest BCUT2D eigenvalue weighted by molar-refractivity contribution is 6.31. The van der Waals surface area contributed by atoms with Gasteiger partial charge in [-0.2, -0.15) is 5.10 Å². The number of hydrogen-bond acceptors (Lipinski definition) is 3. The molecule has 114 valence electrons. The molecule has 1 saturated carbocycles. The number of halogens is 1. The smallest absolute Gasteiger partial charge is 0.115 e. The van der Waals surface area contributed by atoms with Crippen molar-refractivity contribution in [1.82, 2.24) is 14.7 Å². The summed E-state index contributed by atoms with van der Waals surface area (Å²) in [5, 5.41) is 15.9. The van der Waals surface area contributed by atoms with E-state index in [0.29, 0.717) is 5.02 Å². The fraction of sp³-hybridized carbons (Fsp3) is 0.800. The molecule has 4 nitrogen and oxygen atoms in total.